The number of aliphatic hydroxyl groups is 1. The van der Waals surface area contributed by atoms with Crippen LogP contribution < -0.4 is 11.4 Å². The van der Waals surface area contributed by atoms with Gasteiger partial charge in [-0.15, -0.1) is 0 Å². The minimum absolute atomic E-state index is 0.0658. The van der Waals surface area contributed by atoms with Crippen LogP contribution in [-0.2, 0) is 14.3 Å². The van der Waals surface area contributed by atoms with Gasteiger partial charge in [-0.2, -0.15) is 4.98 Å². The Morgan fingerprint density at radius 1 is 1.67 bits per heavy atom. The molecular formula is C12H16FN3O5. The highest BCUT2D eigenvalue weighted by Gasteiger charge is 2.43. The molecule has 0 aromatic carbocycles. The molecule has 1 aliphatic rings. The Morgan fingerprint density at radius 2 is 2.33 bits per heavy atom. The van der Waals surface area contributed by atoms with Gasteiger partial charge in [0.1, 0.15) is 12.7 Å². The van der Waals surface area contributed by atoms with E-state index in [4.69, 9.17) is 15.2 Å². The number of aliphatic hydroxyl groups excluding tert-OH is 1. The fraction of sp³-hybridized carbons (Fsp3) is 0.583. The molecule has 0 aliphatic carbocycles. The molecule has 2 unspecified atom stereocenters. The van der Waals surface area contributed by atoms with E-state index in [1.54, 1.807) is 6.92 Å². The van der Waals surface area contributed by atoms with E-state index < -0.39 is 47.6 Å². The van der Waals surface area contributed by atoms with Crippen LogP contribution >= 0.6 is 0 Å². The van der Waals surface area contributed by atoms with Gasteiger partial charge in [0.25, 0.3) is 0 Å². The molecule has 2 heterocycles. The molecule has 2 rings (SSSR count). The zero-order valence-electron chi connectivity index (χ0n) is 11.5. The minimum Gasteiger partial charge on any atom is -0.463 e. The summed E-state index contributed by atoms with van der Waals surface area (Å²) >= 11 is 0. The smallest absolute Gasteiger partial charge is 0.351 e. The summed E-state index contributed by atoms with van der Waals surface area (Å²) < 4.78 is 24.6. The SMILES string of the molecule is CC(=O)OC[C@H]1O[C@@H](n2cc(F)c(N)nc2=O)C(O)C1C. The Hall–Kier alpha value is -2.00. The Labute approximate surface area is 119 Å². The summed E-state index contributed by atoms with van der Waals surface area (Å²) in [6, 6.07) is 0. The second kappa shape index (κ2) is 5.78. The number of anilines is 1. The average Bonchev–Trinajstić information content (AvgIpc) is 2.68. The number of nitrogen functional groups attached to an aromatic ring is 1. The van der Waals surface area contributed by atoms with E-state index in [1.165, 1.54) is 6.92 Å². The molecule has 0 spiro atoms. The summed E-state index contributed by atoms with van der Waals surface area (Å²) in [5.41, 5.74) is 4.36. The topological polar surface area (TPSA) is 117 Å². The van der Waals surface area contributed by atoms with Crippen molar-refractivity contribution in [3.05, 3.63) is 22.5 Å². The summed E-state index contributed by atoms with van der Waals surface area (Å²) in [4.78, 5) is 25.9. The number of ether oxygens (including phenoxy) is 2. The van der Waals surface area contributed by atoms with Gasteiger partial charge in [0.05, 0.1) is 12.3 Å². The van der Waals surface area contributed by atoms with E-state index in [2.05, 4.69) is 4.98 Å². The summed E-state index contributed by atoms with van der Waals surface area (Å²) in [6.45, 7) is 2.85. The van der Waals surface area contributed by atoms with Crippen molar-refractivity contribution in [2.45, 2.75) is 32.3 Å². The van der Waals surface area contributed by atoms with Gasteiger partial charge in [0, 0.05) is 12.8 Å². The zero-order valence-corrected chi connectivity index (χ0v) is 11.5. The monoisotopic (exact) mass is 301 g/mol. The zero-order chi connectivity index (χ0) is 15.7. The molecule has 1 saturated heterocycles. The van der Waals surface area contributed by atoms with Crippen molar-refractivity contribution >= 4 is 11.8 Å². The fourth-order valence-electron chi connectivity index (χ4n) is 2.12. The first kappa shape index (κ1) is 15.4. The molecule has 0 amide bonds. The van der Waals surface area contributed by atoms with E-state index in [9.17, 15) is 19.1 Å². The van der Waals surface area contributed by atoms with Crippen LogP contribution in [0.5, 0.6) is 0 Å². The lowest BCUT2D eigenvalue weighted by atomic mass is 10.0. The molecule has 1 aromatic rings. The lowest BCUT2D eigenvalue weighted by Crippen LogP contribution is -2.33. The second-order valence-corrected chi connectivity index (χ2v) is 4.88. The van der Waals surface area contributed by atoms with Gasteiger partial charge >= 0.3 is 11.7 Å². The average molecular weight is 301 g/mol. The van der Waals surface area contributed by atoms with Gasteiger partial charge in [-0.1, -0.05) is 6.92 Å². The second-order valence-electron chi connectivity index (χ2n) is 4.88. The van der Waals surface area contributed by atoms with Crippen molar-refractivity contribution in [1.29, 1.82) is 0 Å². The largest absolute Gasteiger partial charge is 0.463 e. The summed E-state index contributed by atoms with van der Waals surface area (Å²) in [5, 5.41) is 10.1. The minimum atomic E-state index is -1.12. The van der Waals surface area contributed by atoms with Crippen molar-refractivity contribution in [2.75, 3.05) is 12.3 Å². The molecule has 4 atom stereocenters. The van der Waals surface area contributed by atoms with Gasteiger partial charge < -0.3 is 20.3 Å². The van der Waals surface area contributed by atoms with Crippen molar-refractivity contribution < 1.29 is 23.8 Å². The van der Waals surface area contributed by atoms with E-state index in [-0.39, 0.29) is 6.61 Å². The molecule has 0 saturated carbocycles. The maximum absolute atomic E-state index is 13.4. The molecular weight excluding hydrogens is 285 g/mol. The van der Waals surface area contributed by atoms with Crippen LogP contribution in [0.4, 0.5) is 10.2 Å². The predicted octanol–water partition coefficient (Wildman–Crippen LogP) is -0.578. The van der Waals surface area contributed by atoms with E-state index in [0.717, 1.165) is 10.8 Å². The number of esters is 1. The predicted molar refractivity (Wildman–Crippen MR) is 68.6 cm³/mol. The number of rotatable bonds is 3. The van der Waals surface area contributed by atoms with Crippen molar-refractivity contribution in [3.63, 3.8) is 0 Å². The third kappa shape index (κ3) is 3.03. The van der Waals surface area contributed by atoms with E-state index in [0.29, 0.717) is 0 Å². The van der Waals surface area contributed by atoms with Gasteiger partial charge in [0.2, 0.25) is 0 Å². The van der Waals surface area contributed by atoms with Crippen LogP contribution in [0.15, 0.2) is 11.0 Å². The highest BCUT2D eigenvalue weighted by atomic mass is 19.1. The molecule has 8 nitrogen and oxygen atoms in total. The highest BCUT2D eigenvalue weighted by molar-refractivity contribution is 5.65. The van der Waals surface area contributed by atoms with Crippen LogP contribution in [0.1, 0.15) is 20.1 Å². The van der Waals surface area contributed by atoms with E-state index >= 15 is 0 Å². The summed E-state index contributed by atoms with van der Waals surface area (Å²) in [5.74, 6) is -2.31. The molecule has 0 radical (unpaired) electrons. The number of nitrogens with two attached hydrogens (primary N) is 1. The third-order valence-corrected chi connectivity index (χ3v) is 3.39. The van der Waals surface area contributed by atoms with Crippen LogP contribution in [0, 0.1) is 11.7 Å². The Kier molecular flexibility index (Phi) is 4.24. The highest BCUT2D eigenvalue weighted by Crippen LogP contribution is 2.33. The van der Waals surface area contributed by atoms with Crippen LogP contribution in [0.25, 0.3) is 0 Å². The maximum atomic E-state index is 13.4. The van der Waals surface area contributed by atoms with Crippen LogP contribution in [0.2, 0.25) is 0 Å². The molecule has 1 aliphatic heterocycles. The van der Waals surface area contributed by atoms with Crippen LogP contribution in [0.3, 0.4) is 0 Å². The molecule has 3 N–H and O–H groups in total. The number of halogens is 1. The maximum Gasteiger partial charge on any atom is 0.351 e. The number of nitrogens with zero attached hydrogens (tertiary/aromatic N) is 2. The molecule has 9 heteroatoms. The Bertz CT molecular complexity index is 605. The lowest BCUT2D eigenvalue weighted by Gasteiger charge is -2.17. The molecule has 1 aromatic heterocycles. The molecule has 1 fully saturated rings. The number of carbonyl (C=O) groups excluding carboxylic acids is 1. The van der Waals surface area contributed by atoms with Gasteiger partial charge in [-0.05, 0) is 0 Å². The first-order valence-electron chi connectivity index (χ1n) is 6.32. The van der Waals surface area contributed by atoms with E-state index in [1.807, 2.05) is 0 Å². The number of aromatic nitrogens is 2. The normalized spacial score (nSPS) is 28.6. The molecule has 116 valence electrons. The van der Waals surface area contributed by atoms with Crippen molar-refractivity contribution in [3.8, 4) is 0 Å². The van der Waals surface area contributed by atoms with Gasteiger partial charge in [0.15, 0.2) is 17.9 Å². The van der Waals surface area contributed by atoms with Crippen LogP contribution in [-0.4, -0.2) is 39.4 Å². The quantitative estimate of drug-likeness (QED) is 0.717. The Morgan fingerprint density at radius 3 is 2.95 bits per heavy atom. The molecule has 21 heavy (non-hydrogen) atoms. The first-order valence-corrected chi connectivity index (χ1v) is 6.32. The summed E-state index contributed by atoms with van der Waals surface area (Å²) in [6.07, 6.45) is -1.97. The first-order chi connectivity index (χ1) is 9.81. The number of hydrogen-bond acceptors (Lipinski definition) is 7. The Balaban J connectivity index is 2.23. The standard InChI is InChI=1S/C12H16FN3O5/c1-5-8(4-20-6(2)17)21-11(9(5)18)16-3-7(13)10(14)15-12(16)19/h3,5,8-9,11,18H,4H2,1-2H3,(H2,14,15,19)/t5?,8-,9?,11-/m1/s1. The lowest BCUT2D eigenvalue weighted by molar-refractivity contribution is -0.146. The fourth-order valence-corrected chi connectivity index (χ4v) is 2.12. The number of hydrogen-bond donors (Lipinski definition) is 2. The van der Waals surface area contributed by atoms with Gasteiger partial charge in [-0.3, -0.25) is 9.36 Å². The summed E-state index contributed by atoms with van der Waals surface area (Å²) in [7, 11) is 0. The van der Waals surface area contributed by atoms with Crippen molar-refractivity contribution in [1.82, 2.24) is 9.55 Å². The molecule has 0 bridgehead atoms. The third-order valence-electron chi connectivity index (χ3n) is 3.39. The number of carbonyl (C=O) groups is 1. The van der Waals surface area contributed by atoms with Crippen molar-refractivity contribution in [2.24, 2.45) is 5.92 Å². The van der Waals surface area contributed by atoms with Gasteiger partial charge in [-0.25, -0.2) is 9.18 Å².